The summed E-state index contributed by atoms with van der Waals surface area (Å²) in [4.78, 5) is 26.7. The summed E-state index contributed by atoms with van der Waals surface area (Å²) in [5.74, 6) is 0.576. The summed E-state index contributed by atoms with van der Waals surface area (Å²) in [5.41, 5.74) is 2.59. The van der Waals surface area contributed by atoms with Gasteiger partial charge >= 0.3 is 0 Å². The minimum Gasteiger partial charge on any atom is -0.493 e. The number of benzene rings is 2. The predicted molar refractivity (Wildman–Crippen MR) is 111 cm³/mol. The van der Waals surface area contributed by atoms with E-state index in [0.29, 0.717) is 42.7 Å². The first-order chi connectivity index (χ1) is 13.9. The highest BCUT2D eigenvalue weighted by atomic mass is 35.5. The van der Waals surface area contributed by atoms with Gasteiger partial charge in [0.2, 0.25) is 5.91 Å². The normalized spacial score (nSPS) is 12.7. The molecule has 0 fully saturated rings. The van der Waals surface area contributed by atoms with Crippen LogP contribution in [0.15, 0.2) is 36.4 Å². The molecule has 0 atom stereocenters. The highest BCUT2D eigenvalue weighted by Crippen LogP contribution is 2.36. The molecule has 2 aromatic rings. The summed E-state index contributed by atoms with van der Waals surface area (Å²) in [7, 11) is 1.49. The minimum absolute atomic E-state index is 0.0850. The maximum atomic E-state index is 12.5. The molecule has 0 aromatic heterocycles. The van der Waals surface area contributed by atoms with Gasteiger partial charge in [-0.05, 0) is 29.2 Å². The van der Waals surface area contributed by atoms with Crippen LogP contribution in [0.5, 0.6) is 11.5 Å². The van der Waals surface area contributed by atoms with Crippen molar-refractivity contribution >= 4 is 23.4 Å². The van der Waals surface area contributed by atoms with Gasteiger partial charge in [0.05, 0.1) is 25.3 Å². The number of hydrogen-bond acceptors (Lipinski definition) is 4. The van der Waals surface area contributed by atoms with Crippen molar-refractivity contribution in [3.63, 3.8) is 0 Å². The second-order valence-electron chi connectivity index (χ2n) is 7.40. The summed E-state index contributed by atoms with van der Waals surface area (Å²) >= 11 is 6.30. The molecule has 1 heterocycles. The van der Waals surface area contributed by atoms with E-state index >= 15 is 0 Å². The molecule has 2 aromatic carbocycles. The van der Waals surface area contributed by atoms with Gasteiger partial charge in [-0.2, -0.15) is 0 Å². The number of nitrogens with zero attached hydrogens (tertiary/aromatic N) is 1. The largest absolute Gasteiger partial charge is 0.493 e. The lowest BCUT2D eigenvalue weighted by molar-refractivity contribution is -0.130. The number of fused-ring (bicyclic) bond motifs is 1. The summed E-state index contributed by atoms with van der Waals surface area (Å²) < 4.78 is 11.0. The Balaban J connectivity index is 1.62. The molecule has 1 aliphatic heterocycles. The Morgan fingerprint density at radius 2 is 1.83 bits per heavy atom. The van der Waals surface area contributed by atoms with Crippen LogP contribution in [0.1, 0.15) is 35.3 Å². The van der Waals surface area contributed by atoms with Crippen LogP contribution in [0, 0.1) is 5.92 Å². The quantitative estimate of drug-likeness (QED) is 0.748. The summed E-state index contributed by atoms with van der Waals surface area (Å²) in [6.07, 6.45) is 0. The zero-order valence-electron chi connectivity index (χ0n) is 16.8. The fourth-order valence-corrected chi connectivity index (χ4v) is 3.39. The van der Waals surface area contributed by atoms with Gasteiger partial charge in [0.15, 0.2) is 11.5 Å². The van der Waals surface area contributed by atoms with E-state index in [1.165, 1.54) is 13.2 Å². The van der Waals surface area contributed by atoms with E-state index in [4.69, 9.17) is 21.1 Å². The van der Waals surface area contributed by atoms with Gasteiger partial charge in [-0.25, -0.2) is 0 Å². The Bertz CT molecular complexity index is 889. The molecule has 0 bridgehead atoms. The molecule has 1 N–H and O–H groups in total. The Labute approximate surface area is 175 Å². The van der Waals surface area contributed by atoms with Crippen molar-refractivity contribution < 1.29 is 19.1 Å². The predicted octanol–water partition coefficient (Wildman–Crippen LogP) is 3.66. The van der Waals surface area contributed by atoms with E-state index in [2.05, 4.69) is 5.32 Å². The van der Waals surface area contributed by atoms with Crippen LogP contribution in [-0.4, -0.2) is 37.0 Å². The number of hydrogen-bond donors (Lipinski definition) is 1. The zero-order chi connectivity index (χ0) is 21.0. The molecule has 6 nitrogen and oxygen atoms in total. The lowest BCUT2D eigenvalue weighted by Gasteiger charge is -2.17. The average molecular weight is 417 g/mol. The third kappa shape index (κ3) is 5.01. The first-order valence-corrected chi connectivity index (χ1v) is 9.90. The fourth-order valence-electron chi connectivity index (χ4n) is 3.12. The van der Waals surface area contributed by atoms with Crippen molar-refractivity contribution in [1.29, 1.82) is 0 Å². The molecule has 29 heavy (non-hydrogen) atoms. The van der Waals surface area contributed by atoms with Gasteiger partial charge in [-0.1, -0.05) is 49.7 Å². The highest BCUT2D eigenvalue weighted by molar-refractivity contribution is 6.32. The van der Waals surface area contributed by atoms with Crippen molar-refractivity contribution in [2.45, 2.75) is 26.9 Å². The molecule has 0 spiro atoms. The van der Waals surface area contributed by atoms with E-state index < -0.39 is 5.91 Å². The molecule has 2 amide bonds. The number of amides is 2. The molecule has 0 radical (unpaired) electrons. The summed E-state index contributed by atoms with van der Waals surface area (Å²) in [6, 6.07) is 11.0. The van der Waals surface area contributed by atoms with Crippen LogP contribution >= 0.6 is 11.6 Å². The van der Waals surface area contributed by atoms with E-state index in [-0.39, 0.29) is 17.5 Å². The number of carbonyl (C=O) groups is 2. The van der Waals surface area contributed by atoms with E-state index in [9.17, 15) is 9.59 Å². The van der Waals surface area contributed by atoms with Crippen LogP contribution in [0.4, 0.5) is 0 Å². The molecule has 0 unspecified atom stereocenters. The number of ether oxygens (including phenoxy) is 2. The smallest absolute Gasteiger partial charge is 0.251 e. The summed E-state index contributed by atoms with van der Waals surface area (Å²) in [6.45, 7) is 5.57. The fraction of sp³-hybridized carbons (Fsp3) is 0.364. The second-order valence-corrected chi connectivity index (χ2v) is 7.80. The molecule has 0 saturated carbocycles. The SMILES string of the molecule is COc1cc(C(=O)NCC(=O)N2Cc3ccccc3C2)cc(Cl)c1OCC(C)C. The van der Waals surface area contributed by atoms with Gasteiger partial charge in [-0.3, -0.25) is 9.59 Å². The first kappa shape index (κ1) is 21.0. The standard InChI is InChI=1S/C22H25ClN2O4/c1-14(2)13-29-21-18(23)8-17(9-19(21)28-3)22(27)24-10-20(26)25-11-15-6-4-5-7-16(15)12-25/h4-9,14H,10-13H2,1-3H3,(H,24,27). The Morgan fingerprint density at radius 1 is 1.17 bits per heavy atom. The van der Waals surface area contributed by atoms with Crippen LogP contribution in [0.2, 0.25) is 5.02 Å². The van der Waals surface area contributed by atoms with Crippen molar-refractivity contribution in [3.8, 4) is 11.5 Å². The van der Waals surface area contributed by atoms with E-state index in [0.717, 1.165) is 11.1 Å². The van der Waals surface area contributed by atoms with Gasteiger partial charge < -0.3 is 19.7 Å². The van der Waals surface area contributed by atoms with Crippen LogP contribution in [-0.2, 0) is 17.9 Å². The Hall–Kier alpha value is -2.73. The second kappa shape index (κ2) is 9.18. The van der Waals surface area contributed by atoms with Gasteiger partial charge in [0, 0.05) is 18.7 Å². The lowest BCUT2D eigenvalue weighted by atomic mass is 10.1. The summed E-state index contributed by atoms with van der Waals surface area (Å²) in [5, 5.41) is 2.95. The maximum absolute atomic E-state index is 12.5. The molecule has 0 aliphatic carbocycles. The van der Waals surface area contributed by atoms with Crippen molar-refractivity contribution in [2.75, 3.05) is 20.3 Å². The molecular weight excluding hydrogens is 392 g/mol. The Morgan fingerprint density at radius 3 is 2.41 bits per heavy atom. The maximum Gasteiger partial charge on any atom is 0.251 e. The third-order valence-electron chi connectivity index (χ3n) is 4.65. The molecule has 3 rings (SSSR count). The molecule has 1 aliphatic rings. The lowest BCUT2D eigenvalue weighted by Crippen LogP contribution is -2.37. The molecular formula is C22H25ClN2O4. The molecule has 154 valence electrons. The average Bonchev–Trinajstić information content (AvgIpc) is 3.14. The topological polar surface area (TPSA) is 67.9 Å². The first-order valence-electron chi connectivity index (χ1n) is 9.52. The zero-order valence-corrected chi connectivity index (χ0v) is 17.6. The monoisotopic (exact) mass is 416 g/mol. The Kier molecular flexibility index (Phi) is 6.64. The number of carbonyl (C=O) groups excluding carboxylic acids is 2. The number of halogens is 1. The van der Waals surface area contributed by atoms with Crippen LogP contribution < -0.4 is 14.8 Å². The van der Waals surface area contributed by atoms with E-state index in [1.54, 1.807) is 11.0 Å². The van der Waals surface area contributed by atoms with Crippen LogP contribution in [0.3, 0.4) is 0 Å². The third-order valence-corrected chi connectivity index (χ3v) is 4.93. The molecule has 0 saturated heterocycles. The van der Waals surface area contributed by atoms with Crippen molar-refractivity contribution in [1.82, 2.24) is 10.2 Å². The van der Waals surface area contributed by atoms with Gasteiger partial charge in [-0.15, -0.1) is 0 Å². The van der Waals surface area contributed by atoms with Gasteiger partial charge in [0.1, 0.15) is 0 Å². The number of nitrogens with one attached hydrogen (secondary N) is 1. The van der Waals surface area contributed by atoms with Crippen molar-refractivity contribution in [2.24, 2.45) is 5.92 Å². The van der Waals surface area contributed by atoms with Gasteiger partial charge in [0.25, 0.3) is 5.91 Å². The number of methoxy groups -OCH3 is 1. The van der Waals surface area contributed by atoms with Crippen LogP contribution in [0.25, 0.3) is 0 Å². The minimum atomic E-state index is -0.398. The molecule has 7 heteroatoms. The van der Waals surface area contributed by atoms with Crippen molar-refractivity contribution in [3.05, 3.63) is 58.1 Å². The highest BCUT2D eigenvalue weighted by Gasteiger charge is 2.23. The van der Waals surface area contributed by atoms with E-state index in [1.807, 2.05) is 38.1 Å². The number of rotatable bonds is 7.